The van der Waals surface area contributed by atoms with Crippen molar-refractivity contribution in [2.24, 2.45) is 5.92 Å². The summed E-state index contributed by atoms with van der Waals surface area (Å²) in [6, 6.07) is 1.87. The number of benzene rings is 1. The van der Waals surface area contributed by atoms with Gasteiger partial charge in [-0.05, 0) is 17.7 Å². The van der Waals surface area contributed by atoms with Crippen LogP contribution >= 0.6 is 11.8 Å². The summed E-state index contributed by atoms with van der Waals surface area (Å²) in [4.78, 5) is 4.14. The number of nitrogens with zero attached hydrogens (tertiary/aromatic N) is 2. The Kier molecular flexibility index (Phi) is 4.59. The smallest absolute Gasteiger partial charge is 0.260 e. The molecule has 0 aliphatic heterocycles. The molecule has 0 atom stereocenters. The first-order chi connectivity index (χ1) is 9.47. The molecule has 0 amide bonds. The predicted octanol–water partition coefficient (Wildman–Crippen LogP) is 3.49. The van der Waals surface area contributed by atoms with E-state index >= 15 is 0 Å². The lowest BCUT2D eigenvalue weighted by Crippen LogP contribution is -1.95. The highest BCUT2D eigenvalue weighted by atomic mass is 32.2. The molecule has 2 aromatic rings. The molecule has 0 bridgehead atoms. The Morgan fingerprint density at radius 2 is 2.00 bits per heavy atom. The Labute approximate surface area is 119 Å². The topological polar surface area (TPSA) is 64.9 Å². The average molecular weight is 299 g/mol. The first kappa shape index (κ1) is 14.8. The van der Waals surface area contributed by atoms with Crippen molar-refractivity contribution in [3.63, 3.8) is 0 Å². The first-order valence-electron chi connectivity index (χ1n) is 6.12. The zero-order chi connectivity index (χ0) is 14.7. The van der Waals surface area contributed by atoms with E-state index in [4.69, 9.17) is 10.3 Å². The fourth-order valence-electron chi connectivity index (χ4n) is 1.56. The number of rotatable bonds is 5. The summed E-state index contributed by atoms with van der Waals surface area (Å²) < 4.78 is 31.3. The van der Waals surface area contributed by atoms with Crippen LogP contribution in [-0.2, 0) is 5.75 Å². The van der Waals surface area contributed by atoms with Gasteiger partial charge in [0.2, 0.25) is 0 Å². The molecule has 2 rings (SSSR count). The number of thioether (sulfide) groups is 1. The Hall–Kier alpha value is -1.63. The number of nitrogen functional groups attached to an aromatic ring is 1. The third-order valence-electron chi connectivity index (χ3n) is 2.47. The molecule has 0 saturated carbocycles. The molecule has 0 spiro atoms. The van der Waals surface area contributed by atoms with Crippen molar-refractivity contribution in [2.75, 3.05) is 11.5 Å². The average Bonchev–Trinajstić information content (AvgIpc) is 2.82. The third kappa shape index (κ3) is 3.47. The van der Waals surface area contributed by atoms with E-state index in [2.05, 4.69) is 24.0 Å². The summed E-state index contributed by atoms with van der Waals surface area (Å²) in [5.74, 6) is 0.772. The number of hydrogen-bond donors (Lipinski definition) is 1. The van der Waals surface area contributed by atoms with Gasteiger partial charge >= 0.3 is 0 Å². The van der Waals surface area contributed by atoms with E-state index in [0.29, 0.717) is 17.5 Å². The molecular formula is C13H15F2N3OS. The Bertz CT molecular complexity index is 601. The van der Waals surface area contributed by atoms with Crippen LogP contribution in [0.2, 0.25) is 0 Å². The van der Waals surface area contributed by atoms with E-state index in [1.807, 2.05) is 0 Å². The van der Waals surface area contributed by atoms with Crippen molar-refractivity contribution in [3.05, 3.63) is 29.6 Å². The van der Waals surface area contributed by atoms with Gasteiger partial charge in [0.15, 0.2) is 17.5 Å². The maximum atomic E-state index is 13.2. The summed E-state index contributed by atoms with van der Waals surface area (Å²) in [5, 5.41) is 3.80. The van der Waals surface area contributed by atoms with Crippen LogP contribution in [0.25, 0.3) is 11.5 Å². The standard InChI is InChI=1S/C13H15F2N3OS/c1-7(2)5-20-6-12-17-13(19-18-12)8-3-9(14)10(15)4-11(8)16/h3-4,7H,5-6,16H2,1-2H3. The fraction of sp³-hybridized carbons (Fsp3) is 0.385. The number of halogens is 2. The lowest BCUT2D eigenvalue weighted by atomic mass is 10.1. The maximum Gasteiger partial charge on any atom is 0.260 e. The zero-order valence-electron chi connectivity index (χ0n) is 11.2. The van der Waals surface area contributed by atoms with Gasteiger partial charge in [0.1, 0.15) is 0 Å². The van der Waals surface area contributed by atoms with Gasteiger partial charge in [0, 0.05) is 11.8 Å². The van der Waals surface area contributed by atoms with Gasteiger partial charge in [-0.2, -0.15) is 16.7 Å². The van der Waals surface area contributed by atoms with Gasteiger partial charge in [-0.3, -0.25) is 0 Å². The molecule has 1 heterocycles. The van der Waals surface area contributed by atoms with Crippen LogP contribution in [0.4, 0.5) is 14.5 Å². The summed E-state index contributed by atoms with van der Waals surface area (Å²) >= 11 is 1.68. The lowest BCUT2D eigenvalue weighted by molar-refractivity contribution is 0.424. The van der Waals surface area contributed by atoms with E-state index in [-0.39, 0.29) is 17.1 Å². The monoisotopic (exact) mass is 299 g/mol. The van der Waals surface area contributed by atoms with Crippen LogP contribution in [0.1, 0.15) is 19.7 Å². The molecule has 2 N–H and O–H groups in total. The molecule has 108 valence electrons. The summed E-state index contributed by atoms with van der Waals surface area (Å²) in [6.45, 7) is 4.24. The summed E-state index contributed by atoms with van der Waals surface area (Å²) in [6.07, 6.45) is 0. The minimum atomic E-state index is -1.00. The fourth-order valence-corrected chi connectivity index (χ4v) is 2.44. The highest BCUT2D eigenvalue weighted by Crippen LogP contribution is 2.27. The van der Waals surface area contributed by atoms with E-state index in [9.17, 15) is 8.78 Å². The summed E-state index contributed by atoms with van der Waals surface area (Å²) in [5.41, 5.74) is 5.90. The van der Waals surface area contributed by atoms with E-state index in [1.54, 1.807) is 11.8 Å². The largest absolute Gasteiger partial charge is 0.398 e. The second kappa shape index (κ2) is 6.21. The number of nitrogens with two attached hydrogens (primary N) is 1. The Morgan fingerprint density at radius 1 is 1.30 bits per heavy atom. The van der Waals surface area contributed by atoms with Gasteiger partial charge in [0.25, 0.3) is 5.89 Å². The van der Waals surface area contributed by atoms with Crippen molar-refractivity contribution < 1.29 is 13.3 Å². The Morgan fingerprint density at radius 3 is 2.70 bits per heavy atom. The van der Waals surface area contributed by atoms with Crippen LogP contribution in [0.3, 0.4) is 0 Å². The van der Waals surface area contributed by atoms with Crippen molar-refractivity contribution >= 4 is 17.4 Å². The second-order valence-corrected chi connectivity index (χ2v) is 5.81. The lowest BCUT2D eigenvalue weighted by Gasteiger charge is -2.01. The molecule has 0 aliphatic carbocycles. The molecule has 1 aromatic heterocycles. The predicted molar refractivity (Wildman–Crippen MR) is 75.1 cm³/mol. The van der Waals surface area contributed by atoms with E-state index in [0.717, 1.165) is 17.9 Å². The normalized spacial score (nSPS) is 11.2. The second-order valence-electron chi connectivity index (χ2n) is 4.78. The van der Waals surface area contributed by atoms with Crippen LogP contribution < -0.4 is 5.73 Å². The zero-order valence-corrected chi connectivity index (χ0v) is 12.0. The number of hydrogen-bond acceptors (Lipinski definition) is 5. The van der Waals surface area contributed by atoms with Gasteiger partial charge in [-0.1, -0.05) is 19.0 Å². The highest BCUT2D eigenvalue weighted by Gasteiger charge is 2.15. The van der Waals surface area contributed by atoms with Gasteiger partial charge in [-0.15, -0.1) is 0 Å². The molecule has 0 radical (unpaired) electrons. The van der Waals surface area contributed by atoms with Crippen molar-refractivity contribution in [3.8, 4) is 11.5 Å². The van der Waals surface area contributed by atoms with E-state index < -0.39 is 11.6 Å². The van der Waals surface area contributed by atoms with Crippen molar-refractivity contribution in [1.82, 2.24) is 10.1 Å². The molecule has 7 heteroatoms. The molecule has 1 aromatic carbocycles. The van der Waals surface area contributed by atoms with E-state index in [1.165, 1.54) is 0 Å². The molecular weight excluding hydrogens is 284 g/mol. The quantitative estimate of drug-likeness (QED) is 0.856. The molecule has 0 unspecified atom stereocenters. The molecule has 0 fully saturated rings. The number of aromatic nitrogens is 2. The van der Waals surface area contributed by atoms with Gasteiger partial charge in [-0.25, -0.2) is 8.78 Å². The number of anilines is 1. The third-order valence-corrected chi connectivity index (χ3v) is 3.84. The van der Waals surface area contributed by atoms with Gasteiger partial charge in [0.05, 0.1) is 11.3 Å². The maximum absolute atomic E-state index is 13.2. The molecule has 20 heavy (non-hydrogen) atoms. The highest BCUT2D eigenvalue weighted by molar-refractivity contribution is 7.98. The van der Waals surface area contributed by atoms with Crippen LogP contribution in [0.15, 0.2) is 16.7 Å². The van der Waals surface area contributed by atoms with Crippen molar-refractivity contribution in [2.45, 2.75) is 19.6 Å². The van der Waals surface area contributed by atoms with Gasteiger partial charge < -0.3 is 10.3 Å². The molecule has 0 aliphatic rings. The molecule has 4 nitrogen and oxygen atoms in total. The van der Waals surface area contributed by atoms with Crippen LogP contribution in [0.5, 0.6) is 0 Å². The SMILES string of the molecule is CC(C)CSCc1noc(-c2cc(F)c(F)cc2N)n1. The Balaban J connectivity index is 2.14. The molecule has 0 saturated heterocycles. The summed E-state index contributed by atoms with van der Waals surface area (Å²) in [7, 11) is 0. The van der Waals surface area contributed by atoms with Crippen LogP contribution in [0, 0.1) is 17.6 Å². The minimum Gasteiger partial charge on any atom is -0.398 e. The van der Waals surface area contributed by atoms with Crippen molar-refractivity contribution in [1.29, 1.82) is 0 Å². The first-order valence-corrected chi connectivity index (χ1v) is 7.28. The van der Waals surface area contributed by atoms with Crippen LogP contribution in [-0.4, -0.2) is 15.9 Å². The minimum absolute atomic E-state index is 0.0638.